The summed E-state index contributed by atoms with van der Waals surface area (Å²) in [5, 5.41) is 2.91. The summed E-state index contributed by atoms with van der Waals surface area (Å²) in [5.74, 6) is 0.786. The van der Waals surface area contributed by atoms with Crippen LogP contribution < -0.4 is 5.32 Å². The number of amides is 1. The predicted molar refractivity (Wildman–Crippen MR) is 92.3 cm³/mol. The Bertz CT molecular complexity index is 590. The third-order valence-corrected chi connectivity index (χ3v) is 4.74. The van der Waals surface area contributed by atoms with Gasteiger partial charge in [0.1, 0.15) is 0 Å². The van der Waals surface area contributed by atoms with Crippen molar-refractivity contribution in [2.75, 3.05) is 11.1 Å². The number of carbonyl (C=O) groups excluding carboxylic acids is 1. The summed E-state index contributed by atoms with van der Waals surface area (Å²) >= 11 is 8.50. The predicted octanol–water partition coefficient (Wildman–Crippen LogP) is 5.33. The minimum atomic E-state index is 0.0206. The Hall–Kier alpha value is -0.780. The minimum absolute atomic E-state index is 0.0206. The third-order valence-electron chi connectivity index (χ3n) is 2.54. The number of anilines is 1. The van der Waals surface area contributed by atoms with E-state index in [0.717, 1.165) is 20.4 Å². The Morgan fingerprint density at radius 3 is 2.60 bits per heavy atom. The molecule has 0 radical (unpaired) electrons. The molecule has 2 aromatic carbocycles. The molecule has 5 heteroatoms. The first-order valence-electron chi connectivity index (χ1n) is 6.08. The SMILES string of the molecule is O=C(CCSc1ccccc1)Nc1cc(Br)ccc1Br. The van der Waals surface area contributed by atoms with Crippen molar-refractivity contribution in [2.45, 2.75) is 11.3 Å². The number of halogens is 2. The number of thioether (sulfide) groups is 1. The lowest BCUT2D eigenvalue weighted by molar-refractivity contribution is -0.115. The van der Waals surface area contributed by atoms with Crippen LogP contribution in [-0.4, -0.2) is 11.7 Å². The van der Waals surface area contributed by atoms with Gasteiger partial charge in [-0.1, -0.05) is 34.1 Å². The van der Waals surface area contributed by atoms with Crippen LogP contribution in [0.1, 0.15) is 6.42 Å². The van der Waals surface area contributed by atoms with Gasteiger partial charge in [0, 0.05) is 26.0 Å². The summed E-state index contributed by atoms with van der Waals surface area (Å²) in [6.07, 6.45) is 0.485. The molecule has 0 atom stereocenters. The number of benzene rings is 2. The zero-order valence-corrected chi connectivity index (χ0v) is 14.6. The molecule has 0 heterocycles. The molecule has 2 rings (SSSR count). The molecule has 1 amide bonds. The Morgan fingerprint density at radius 2 is 1.85 bits per heavy atom. The van der Waals surface area contributed by atoms with Gasteiger partial charge in [0.25, 0.3) is 0 Å². The van der Waals surface area contributed by atoms with Crippen molar-refractivity contribution in [1.29, 1.82) is 0 Å². The monoisotopic (exact) mass is 413 g/mol. The first-order chi connectivity index (χ1) is 9.65. The van der Waals surface area contributed by atoms with Crippen LogP contribution >= 0.6 is 43.6 Å². The molecule has 1 N–H and O–H groups in total. The van der Waals surface area contributed by atoms with E-state index in [1.54, 1.807) is 11.8 Å². The van der Waals surface area contributed by atoms with Crippen LogP contribution in [0.3, 0.4) is 0 Å². The molecule has 0 aliphatic rings. The maximum Gasteiger partial charge on any atom is 0.225 e. The molecular weight excluding hydrogens is 402 g/mol. The molecule has 0 saturated carbocycles. The molecule has 0 bridgehead atoms. The Balaban J connectivity index is 1.82. The van der Waals surface area contributed by atoms with Crippen molar-refractivity contribution in [3.63, 3.8) is 0 Å². The van der Waals surface area contributed by atoms with Crippen molar-refractivity contribution in [1.82, 2.24) is 0 Å². The van der Waals surface area contributed by atoms with Gasteiger partial charge in [-0.3, -0.25) is 4.79 Å². The average molecular weight is 415 g/mol. The molecule has 0 aromatic heterocycles. The normalized spacial score (nSPS) is 10.3. The van der Waals surface area contributed by atoms with Crippen LogP contribution in [0.2, 0.25) is 0 Å². The second-order valence-corrected chi connectivity index (χ2v) is 7.02. The molecule has 0 aliphatic carbocycles. The molecular formula is C15H13Br2NOS. The number of rotatable bonds is 5. The van der Waals surface area contributed by atoms with E-state index in [0.29, 0.717) is 6.42 Å². The fourth-order valence-electron chi connectivity index (χ4n) is 1.58. The summed E-state index contributed by atoms with van der Waals surface area (Å²) in [6.45, 7) is 0. The van der Waals surface area contributed by atoms with Gasteiger partial charge in [0.2, 0.25) is 5.91 Å². The van der Waals surface area contributed by atoms with Crippen molar-refractivity contribution in [2.24, 2.45) is 0 Å². The van der Waals surface area contributed by atoms with Crippen molar-refractivity contribution in [3.8, 4) is 0 Å². The highest BCUT2D eigenvalue weighted by molar-refractivity contribution is 9.11. The maximum atomic E-state index is 11.9. The highest BCUT2D eigenvalue weighted by atomic mass is 79.9. The Labute approximate surface area is 139 Å². The van der Waals surface area contributed by atoms with E-state index in [1.165, 1.54) is 4.90 Å². The van der Waals surface area contributed by atoms with Gasteiger partial charge in [-0.05, 0) is 46.3 Å². The van der Waals surface area contributed by atoms with Crippen LogP contribution in [0, 0.1) is 0 Å². The maximum absolute atomic E-state index is 11.9. The second kappa shape index (κ2) is 7.86. The zero-order valence-electron chi connectivity index (χ0n) is 10.6. The minimum Gasteiger partial charge on any atom is -0.325 e. The summed E-state index contributed by atoms with van der Waals surface area (Å²) in [7, 11) is 0. The fraction of sp³-hybridized carbons (Fsp3) is 0.133. The molecule has 104 valence electrons. The smallest absolute Gasteiger partial charge is 0.225 e. The summed E-state index contributed by atoms with van der Waals surface area (Å²) < 4.78 is 1.82. The van der Waals surface area contributed by atoms with E-state index in [9.17, 15) is 4.79 Å². The first kappa shape index (κ1) is 15.6. The summed E-state index contributed by atoms with van der Waals surface area (Å²) in [5.41, 5.74) is 0.786. The molecule has 0 spiro atoms. The lowest BCUT2D eigenvalue weighted by Gasteiger charge is -2.08. The Kier molecular flexibility index (Phi) is 6.13. The largest absolute Gasteiger partial charge is 0.325 e. The highest BCUT2D eigenvalue weighted by Crippen LogP contribution is 2.26. The van der Waals surface area contributed by atoms with E-state index < -0.39 is 0 Å². The van der Waals surface area contributed by atoms with Crippen molar-refractivity contribution in [3.05, 3.63) is 57.5 Å². The number of nitrogens with one attached hydrogen (secondary N) is 1. The van der Waals surface area contributed by atoms with Crippen LogP contribution in [0.4, 0.5) is 5.69 Å². The van der Waals surface area contributed by atoms with Gasteiger partial charge < -0.3 is 5.32 Å². The number of hydrogen-bond donors (Lipinski definition) is 1. The Morgan fingerprint density at radius 1 is 1.10 bits per heavy atom. The lowest BCUT2D eigenvalue weighted by Crippen LogP contribution is -2.12. The third kappa shape index (κ3) is 4.96. The summed E-state index contributed by atoms with van der Waals surface area (Å²) in [4.78, 5) is 13.1. The van der Waals surface area contributed by atoms with Gasteiger partial charge in [-0.25, -0.2) is 0 Å². The number of carbonyl (C=O) groups is 1. The molecule has 20 heavy (non-hydrogen) atoms. The van der Waals surface area contributed by atoms with E-state index in [4.69, 9.17) is 0 Å². The van der Waals surface area contributed by atoms with Gasteiger partial charge in [0.05, 0.1) is 5.69 Å². The van der Waals surface area contributed by atoms with Gasteiger partial charge in [0.15, 0.2) is 0 Å². The second-order valence-electron chi connectivity index (χ2n) is 4.08. The van der Waals surface area contributed by atoms with Crippen LogP contribution in [0.15, 0.2) is 62.4 Å². The van der Waals surface area contributed by atoms with Gasteiger partial charge in [-0.15, -0.1) is 11.8 Å². The standard InChI is InChI=1S/C15H13Br2NOS/c16-11-6-7-13(17)14(10-11)18-15(19)8-9-20-12-4-2-1-3-5-12/h1-7,10H,8-9H2,(H,18,19). The van der Waals surface area contributed by atoms with E-state index in [-0.39, 0.29) is 5.91 Å². The van der Waals surface area contributed by atoms with Gasteiger partial charge >= 0.3 is 0 Å². The highest BCUT2D eigenvalue weighted by Gasteiger charge is 2.06. The van der Waals surface area contributed by atoms with Crippen LogP contribution in [0.5, 0.6) is 0 Å². The van der Waals surface area contributed by atoms with Crippen LogP contribution in [-0.2, 0) is 4.79 Å². The molecule has 2 aromatic rings. The van der Waals surface area contributed by atoms with E-state index in [1.807, 2.05) is 48.5 Å². The average Bonchev–Trinajstić information content (AvgIpc) is 2.44. The quantitative estimate of drug-likeness (QED) is 0.669. The molecule has 0 fully saturated rings. The van der Waals surface area contributed by atoms with Gasteiger partial charge in [-0.2, -0.15) is 0 Å². The number of hydrogen-bond acceptors (Lipinski definition) is 2. The van der Waals surface area contributed by atoms with Crippen molar-refractivity contribution >= 4 is 55.2 Å². The van der Waals surface area contributed by atoms with Crippen LogP contribution in [0.25, 0.3) is 0 Å². The lowest BCUT2D eigenvalue weighted by atomic mass is 10.3. The van der Waals surface area contributed by atoms with E-state index >= 15 is 0 Å². The molecule has 0 aliphatic heterocycles. The van der Waals surface area contributed by atoms with Crippen molar-refractivity contribution < 1.29 is 4.79 Å². The van der Waals surface area contributed by atoms with E-state index in [2.05, 4.69) is 37.2 Å². The molecule has 2 nitrogen and oxygen atoms in total. The zero-order chi connectivity index (χ0) is 14.4. The molecule has 0 saturated heterocycles. The summed E-state index contributed by atoms with van der Waals surface area (Å²) in [6, 6.07) is 15.8. The molecule has 0 unspecified atom stereocenters. The fourth-order valence-corrected chi connectivity index (χ4v) is 3.16. The first-order valence-corrected chi connectivity index (χ1v) is 8.65. The topological polar surface area (TPSA) is 29.1 Å².